The maximum Gasteiger partial charge on any atom is 0.226 e. The van der Waals surface area contributed by atoms with Gasteiger partial charge in [-0.15, -0.1) is 0 Å². The number of anilines is 1. The summed E-state index contributed by atoms with van der Waals surface area (Å²) in [5, 5.41) is 3.15. The average molecular weight is 259 g/mol. The summed E-state index contributed by atoms with van der Waals surface area (Å²) in [5.74, 6) is 1.95. The number of rotatable bonds is 6. The van der Waals surface area contributed by atoms with Gasteiger partial charge in [0.15, 0.2) is 0 Å². The molecule has 0 unspecified atom stereocenters. The first-order valence-electron chi connectivity index (χ1n) is 6.15. The lowest BCUT2D eigenvalue weighted by Gasteiger charge is -2.09. The number of para-hydroxylation sites is 1. The summed E-state index contributed by atoms with van der Waals surface area (Å²) in [6.07, 6.45) is 1.67. The van der Waals surface area contributed by atoms with Crippen molar-refractivity contribution in [3.05, 3.63) is 42.1 Å². The number of benzene rings is 1. The van der Waals surface area contributed by atoms with Crippen LogP contribution in [-0.4, -0.2) is 23.7 Å². The smallest absolute Gasteiger partial charge is 0.226 e. The Bertz CT molecular complexity index is 532. The zero-order chi connectivity index (χ0) is 13.5. The molecule has 2 aromatic rings. The minimum Gasteiger partial charge on any atom is -0.496 e. The molecule has 0 atom stereocenters. The van der Waals surface area contributed by atoms with Crippen LogP contribution in [0, 0.1) is 0 Å². The summed E-state index contributed by atoms with van der Waals surface area (Å²) >= 11 is 0. The second-order valence-corrected chi connectivity index (χ2v) is 3.82. The van der Waals surface area contributed by atoms with Crippen molar-refractivity contribution in [2.45, 2.75) is 13.5 Å². The number of ether oxygens (including phenoxy) is 2. The molecule has 5 nitrogen and oxygen atoms in total. The Balaban J connectivity index is 2.03. The molecule has 1 aromatic heterocycles. The van der Waals surface area contributed by atoms with Crippen molar-refractivity contribution in [3.8, 4) is 11.6 Å². The predicted molar refractivity (Wildman–Crippen MR) is 73.5 cm³/mol. The van der Waals surface area contributed by atoms with Crippen LogP contribution in [0.25, 0.3) is 0 Å². The molecule has 0 saturated carbocycles. The highest BCUT2D eigenvalue weighted by Gasteiger charge is 2.03. The number of nitrogens with one attached hydrogen (secondary N) is 1. The van der Waals surface area contributed by atoms with Crippen LogP contribution in [0.3, 0.4) is 0 Å². The van der Waals surface area contributed by atoms with Gasteiger partial charge in [-0.3, -0.25) is 0 Å². The molecular weight excluding hydrogens is 242 g/mol. The Morgan fingerprint density at radius 1 is 1.21 bits per heavy atom. The highest BCUT2D eigenvalue weighted by molar-refractivity contribution is 5.37. The van der Waals surface area contributed by atoms with Gasteiger partial charge in [-0.25, -0.2) is 4.98 Å². The molecule has 1 N–H and O–H groups in total. The molecule has 0 fully saturated rings. The third-order valence-corrected chi connectivity index (χ3v) is 2.55. The highest BCUT2D eigenvalue weighted by atomic mass is 16.5. The molecule has 5 heteroatoms. The molecule has 0 aliphatic heterocycles. The van der Waals surface area contributed by atoms with E-state index in [0.29, 0.717) is 25.0 Å². The number of hydrogen-bond donors (Lipinski definition) is 1. The van der Waals surface area contributed by atoms with Gasteiger partial charge >= 0.3 is 0 Å². The zero-order valence-corrected chi connectivity index (χ0v) is 11.1. The van der Waals surface area contributed by atoms with Crippen molar-refractivity contribution in [1.29, 1.82) is 0 Å². The lowest BCUT2D eigenvalue weighted by Crippen LogP contribution is -2.05. The molecule has 0 spiro atoms. The maximum absolute atomic E-state index is 5.33. The van der Waals surface area contributed by atoms with E-state index in [-0.39, 0.29) is 0 Å². The lowest BCUT2D eigenvalue weighted by molar-refractivity contribution is 0.326. The van der Waals surface area contributed by atoms with Crippen LogP contribution in [0.5, 0.6) is 11.6 Å². The van der Waals surface area contributed by atoms with Crippen molar-refractivity contribution in [1.82, 2.24) is 9.97 Å². The second kappa shape index (κ2) is 6.58. The summed E-state index contributed by atoms with van der Waals surface area (Å²) in [7, 11) is 1.66. The van der Waals surface area contributed by atoms with Crippen LogP contribution in [0.1, 0.15) is 12.5 Å². The normalized spacial score (nSPS) is 10.0. The summed E-state index contributed by atoms with van der Waals surface area (Å²) < 4.78 is 10.6. The van der Waals surface area contributed by atoms with Gasteiger partial charge < -0.3 is 14.8 Å². The fourth-order valence-electron chi connectivity index (χ4n) is 1.68. The van der Waals surface area contributed by atoms with Crippen LogP contribution >= 0.6 is 0 Å². The van der Waals surface area contributed by atoms with E-state index in [9.17, 15) is 0 Å². The molecule has 19 heavy (non-hydrogen) atoms. The van der Waals surface area contributed by atoms with Gasteiger partial charge in [-0.1, -0.05) is 18.2 Å². The van der Waals surface area contributed by atoms with E-state index in [0.717, 1.165) is 11.3 Å². The first kappa shape index (κ1) is 13.1. The van der Waals surface area contributed by atoms with E-state index < -0.39 is 0 Å². The molecule has 100 valence electrons. The largest absolute Gasteiger partial charge is 0.496 e. The first-order chi connectivity index (χ1) is 9.33. The molecule has 2 rings (SSSR count). The van der Waals surface area contributed by atoms with Gasteiger partial charge in [0, 0.05) is 24.4 Å². The Morgan fingerprint density at radius 3 is 2.84 bits per heavy atom. The zero-order valence-electron chi connectivity index (χ0n) is 11.1. The number of methoxy groups -OCH3 is 1. The molecular formula is C14H17N3O2. The molecule has 0 radical (unpaired) electrons. The molecule has 1 aromatic carbocycles. The van der Waals surface area contributed by atoms with Gasteiger partial charge in [-0.05, 0) is 13.0 Å². The summed E-state index contributed by atoms with van der Waals surface area (Å²) in [4.78, 5) is 8.40. The van der Waals surface area contributed by atoms with Gasteiger partial charge in [0.25, 0.3) is 0 Å². The van der Waals surface area contributed by atoms with Crippen molar-refractivity contribution >= 4 is 5.95 Å². The van der Waals surface area contributed by atoms with E-state index in [1.165, 1.54) is 0 Å². The minimum atomic E-state index is 0.539. The van der Waals surface area contributed by atoms with E-state index >= 15 is 0 Å². The predicted octanol–water partition coefficient (Wildman–Crippen LogP) is 2.50. The Kier molecular flexibility index (Phi) is 4.55. The highest BCUT2D eigenvalue weighted by Crippen LogP contribution is 2.18. The van der Waals surface area contributed by atoms with Crippen LogP contribution in [0.4, 0.5) is 5.95 Å². The fourth-order valence-corrected chi connectivity index (χ4v) is 1.68. The van der Waals surface area contributed by atoms with Crippen molar-refractivity contribution < 1.29 is 9.47 Å². The van der Waals surface area contributed by atoms with Gasteiger partial charge in [0.05, 0.1) is 13.7 Å². The molecule has 0 bridgehead atoms. The monoisotopic (exact) mass is 259 g/mol. The minimum absolute atomic E-state index is 0.539. The Labute approximate surface area is 112 Å². The Hall–Kier alpha value is -2.30. The third kappa shape index (κ3) is 3.58. The fraction of sp³-hybridized carbons (Fsp3) is 0.286. The van der Waals surface area contributed by atoms with Crippen LogP contribution in [0.2, 0.25) is 0 Å². The molecule has 0 saturated heterocycles. The van der Waals surface area contributed by atoms with Crippen molar-refractivity contribution in [2.75, 3.05) is 19.0 Å². The topological polar surface area (TPSA) is 56.3 Å². The summed E-state index contributed by atoms with van der Waals surface area (Å²) in [6.45, 7) is 3.10. The van der Waals surface area contributed by atoms with Crippen LogP contribution < -0.4 is 14.8 Å². The standard InChI is InChI=1S/C14H17N3O2/c1-3-19-13-8-9-15-14(17-13)16-10-11-6-4-5-7-12(11)18-2/h4-9H,3,10H2,1-2H3,(H,15,16,17). The number of aromatic nitrogens is 2. The average Bonchev–Trinajstić information content (AvgIpc) is 2.46. The van der Waals surface area contributed by atoms with E-state index in [1.54, 1.807) is 19.4 Å². The first-order valence-corrected chi connectivity index (χ1v) is 6.15. The second-order valence-electron chi connectivity index (χ2n) is 3.82. The summed E-state index contributed by atoms with van der Waals surface area (Å²) in [5.41, 5.74) is 1.05. The van der Waals surface area contributed by atoms with Crippen LogP contribution in [-0.2, 0) is 6.54 Å². The molecule has 1 heterocycles. The number of hydrogen-bond acceptors (Lipinski definition) is 5. The maximum atomic E-state index is 5.33. The van der Waals surface area contributed by atoms with Gasteiger partial charge in [-0.2, -0.15) is 4.98 Å². The van der Waals surface area contributed by atoms with Crippen molar-refractivity contribution in [3.63, 3.8) is 0 Å². The van der Waals surface area contributed by atoms with Crippen molar-refractivity contribution in [2.24, 2.45) is 0 Å². The SMILES string of the molecule is CCOc1ccnc(NCc2ccccc2OC)n1. The van der Waals surface area contributed by atoms with E-state index in [1.807, 2.05) is 31.2 Å². The van der Waals surface area contributed by atoms with E-state index in [4.69, 9.17) is 9.47 Å². The lowest BCUT2D eigenvalue weighted by atomic mass is 10.2. The number of nitrogens with zero attached hydrogens (tertiary/aromatic N) is 2. The van der Waals surface area contributed by atoms with Crippen LogP contribution in [0.15, 0.2) is 36.5 Å². The quantitative estimate of drug-likeness (QED) is 0.863. The third-order valence-electron chi connectivity index (χ3n) is 2.55. The molecule has 0 aliphatic rings. The van der Waals surface area contributed by atoms with Gasteiger partial charge in [0.1, 0.15) is 5.75 Å². The summed E-state index contributed by atoms with van der Waals surface area (Å²) in [6, 6.07) is 9.57. The molecule has 0 aliphatic carbocycles. The van der Waals surface area contributed by atoms with E-state index in [2.05, 4.69) is 15.3 Å². The molecule has 0 amide bonds. The Morgan fingerprint density at radius 2 is 2.05 bits per heavy atom. The van der Waals surface area contributed by atoms with Gasteiger partial charge in [0.2, 0.25) is 11.8 Å².